The second-order valence-electron chi connectivity index (χ2n) is 8.34. The molecule has 4 fully saturated rings. The molecular formula is C20H34O5. The number of rotatable bonds is 10. The molecule has 0 aliphatic carbocycles. The van der Waals surface area contributed by atoms with E-state index < -0.39 is 17.0 Å². The van der Waals surface area contributed by atoms with E-state index in [1.807, 2.05) is 0 Å². The maximum Gasteiger partial charge on any atom is 0.200 e. The highest BCUT2D eigenvalue weighted by molar-refractivity contribution is 5.26. The van der Waals surface area contributed by atoms with Crippen LogP contribution in [0.4, 0.5) is 0 Å². The van der Waals surface area contributed by atoms with Gasteiger partial charge in [-0.05, 0) is 6.42 Å². The Balaban J connectivity index is 1.46. The minimum atomic E-state index is -1.20. The Kier molecular flexibility index (Phi) is 4.91. The fourth-order valence-corrected chi connectivity index (χ4v) is 5.47. The van der Waals surface area contributed by atoms with Gasteiger partial charge < -0.3 is 24.1 Å². The zero-order valence-electron chi connectivity index (χ0n) is 15.7. The van der Waals surface area contributed by atoms with Crippen molar-refractivity contribution < 1.29 is 24.1 Å². The molecule has 1 N–H and O–H groups in total. The highest BCUT2D eigenvalue weighted by atomic mass is 16.7. The van der Waals surface area contributed by atoms with Crippen LogP contribution in [-0.4, -0.2) is 54.1 Å². The summed E-state index contributed by atoms with van der Waals surface area (Å²) in [5.41, 5.74) is -1.57. The average Bonchev–Trinajstić information content (AvgIpc) is 2.45. The van der Waals surface area contributed by atoms with Crippen molar-refractivity contribution in [2.75, 3.05) is 26.4 Å². The highest BCUT2D eigenvalue weighted by Gasteiger charge is 2.79. The van der Waals surface area contributed by atoms with Crippen LogP contribution in [0, 0.1) is 0 Å². The third kappa shape index (κ3) is 2.46. The first-order chi connectivity index (χ1) is 12.1. The molecule has 4 atom stereocenters. The van der Waals surface area contributed by atoms with E-state index in [9.17, 15) is 5.11 Å². The van der Waals surface area contributed by atoms with Crippen molar-refractivity contribution in [3.63, 3.8) is 0 Å². The van der Waals surface area contributed by atoms with Gasteiger partial charge in [0, 0.05) is 25.7 Å². The molecule has 4 aliphatic rings. The van der Waals surface area contributed by atoms with Gasteiger partial charge in [0.25, 0.3) is 0 Å². The maximum atomic E-state index is 11.0. The quantitative estimate of drug-likeness (QED) is 0.610. The van der Waals surface area contributed by atoms with Crippen LogP contribution < -0.4 is 0 Å². The van der Waals surface area contributed by atoms with E-state index in [1.165, 1.54) is 32.1 Å². The summed E-state index contributed by atoms with van der Waals surface area (Å²) in [5.74, 6) is -1.20. The molecular weight excluding hydrogens is 320 g/mol. The molecule has 0 aromatic carbocycles. The van der Waals surface area contributed by atoms with Gasteiger partial charge in [0.2, 0.25) is 0 Å². The second-order valence-corrected chi connectivity index (χ2v) is 8.34. The lowest BCUT2D eigenvalue weighted by molar-refractivity contribution is -0.483. The molecule has 4 unspecified atom stereocenters. The first-order valence-electron chi connectivity index (χ1n) is 10.4. The Morgan fingerprint density at radius 2 is 1.20 bits per heavy atom. The molecule has 0 bridgehead atoms. The predicted molar refractivity (Wildman–Crippen MR) is 93.4 cm³/mol. The lowest BCUT2D eigenvalue weighted by Gasteiger charge is -2.72. The summed E-state index contributed by atoms with van der Waals surface area (Å²) in [5, 5.41) is 11.0. The Morgan fingerprint density at radius 1 is 0.680 bits per heavy atom. The largest absolute Gasteiger partial charge is 0.372 e. The summed E-state index contributed by atoms with van der Waals surface area (Å²) in [6.45, 7) is 5.03. The maximum absolute atomic E-state index is 11.0. The summed E-state index contributed by atoms with van der Waals surface area (Å²) >= 11 is 0. The SMILES string of the molecule is CCCCCCCCC1(C2(C3(C4(O)CCO4)CCO3)CCO2)CCO1. The highest BCUT2D eigenvalue weighted by Crippen LogP contribution is 2.63. The van der Waals surface area contributed by atoms with Gasteiger partial charge in [0.1, 0.15) is 11.2 Å². The van der Waals surface area contributed by atoms with Crippen molar-refractivity contribution in [1.29, 1.82) is 0 Å². The normalized spacial score (nSPS) is 45.8. The van der Waals surface area contributed by atoms with Crippen LogP contribution in [0.5, 0.6) is 0 Å². The van der Waals surface area contributed by atoms with Crippen molar-refractivity contribution in [2.45, 2.75) is 100 Å². The number of hydrogen-bond donors (Lipinski definition) is 1. The minimum Gasteiger partial charge on any atom is -0.372 e. The second kappa shape index (κ2) is 6.75. The molecule has 5 nitrogen and oxygen atoms in total. The zero-order chi connectivity index (χ0) is 17.4. The fourth-order valence-electron chi connectivity index (χ4n) is 5.47. The van der Waals surface area contributed by atoms with E-state index in [4.69, 9.17) is 18.9 Å². The third-order valence-electron chi connectivity index (χ3n) is 7.22. The first kappa shape index (κ1) is 18.2. The summed E-state index contributed by atoms with van der Waals surface area (Å²) in [6, 6.07) is 0. The molecule has 0 amide bonds. The molecule has 0 saturated carbocycles. The van der Waals surface area contributed by atoms with Crippen molar-refractivity contribution in [2.24, 2.45) is 0 Å². The van der Waals surface area contributed by atoms with Crippen LogP contribution in [-0.2, 0) is 18.9 Å². The molecule has 5 heteroatoms. The van der Waals surface area contributed by atoms with Gasteiger partial charge >= 0.3 is 0 Å². The third-order valence-corrected chi connectivity index (χ3v) is 7.22. The monoisotopic (exact) mass is 354 g/mol. The van der Waals surface area contributed by atoms with E-state index in [-0.39, 0.29) is 5.60 Å². The average molecular weight is 354 g/mol. The van der Waals surface area contributed by atoms with Gasteiger partial charge in [-0.3, -0.25) is 0 Å². The molecule has 0 radical (unpaired) electrons. The van der Waals surface area contributed by atoms with Crippen molar-refractivity contribution in [3.8, 4) is 0 Å². The number of hydrogen-bond acceptors (Lipinski definition) is 5. The Morgan fingerprint density at radius 3 is 1.60 bits per heavy atom. The van der Waals surface area contributed by atoms with Gasteiger partial charge in [-0.1, -0.05) is 45.4 Å². The minimum absolute atomic E-state index is 0.300. The number of unbranched alkanes of at least 4 members (excludes halogenated alkanes) is 5. The van der Waals surface area contributed by atoms with E-state index in [2.05, 4.69) is 6.92 Å². The number of aliphatic hydroxyl groups is 1. The fraction of sp³-hybridized carbons (Fsp3) is 1.00. The van der Waals surface area contributed by atoms with E-state index in [0.29, 0.717) is 19.6 Å². The molecule has 0 aromatic rings. The van der Waals surface area contributed by atoms with Gasteiger partial charge in [-0.25, -0.2) is 0 Å². The standard InChI is InChI=1S/C20H34O5/c1-2-3-4-5-6-7-8-17(9-13-22-17)18(10-14-23-18)19(11-15-24-19)20(21)12-16-25-20/h21H,2-16H2,1H3. The Bertz CT molecular complexity index is 461. The van der Waals surface area contributed by atoms with Crippen LogP contribution in [0.25, 0.3) is 0 Å². The molecule has 4 saturated heterocycles. The smallest absolute Gasteiger partial charge is 0.200 e. The van der Waals surface area contributed by atoms with Crippen LogP contribution in [0.3, 0.4) is 0 Å². The summed E-state index contributed by atoms with van der Waals surface area (Å²) < 4.78 is 24.2. The molecule has 4 heterocycles. The van der Waals surface area contributed by atoms with Crippen LogP contribution in [0.15, 0.2) is 0 Å². The van der Waals surface area contributed by atoms with Gasteiger partial charge in [-0.15, -0.1) is 0 Å². The molecule has 144 valence electrons. The summed E-state index contributed by atoms with van der Waals surface area (Å²) in [4.78, 5) is 0. The molecule has 0 spiro atoms. The Hall–Kier alpha value is -0.200. The van der Waals surface area contributed by atoms with E-state index >= 15 is 0 Å². The lowest BCUT2D eigenvalue weighted by Crippen LogP contribution is -2.87. The van der Waals surface area contributed by atoms with E-state index in [1.54, 1.807) is 0 Å². The molecule has 4 aliphatic heterocycles. The zero-order valence-corrected chi connectivity index (χ0v) is 15.7. The topological polar surface area (TPSA) is 57.2 Å². The molecule has 4 rings (SSSR count). The first-order valence-corrected chi connectivity index (χ1v) is 10.4. The number of ether oxygens (including phenoxy) is 4. The van der Waals surface area contributed by atoms with Crippen LogP contribution in [0.1, 0.15) is 77.6 Å². The van der Waals surface area contributed by atoms with Gasteiger partial charge in [0.15, 0.2) is 11.4 Å². The van der Waals surface area contributed by atoms with Crippen LogP contribution in [0.2, 0.25) is 0 Å². The van der Waals surface area contributed by atoms with Crippen molar-refractivity contribution in [3.05, 3.63) is 0 Å². The lowest BCUT2D eigenvalue weighted by atomic mass is 9.55. The van der Waals surface area contributed by atoms with Crippen molar-refractivity contribution >= 4 is 0 Å². The predicted octanol–water partition coefficient (Wildman–Crippen LogP) is 3.32. The van der Waals surface area contributed by atoms with Gasteiger partial charge in [0.05, 0.1) is 26.4 Å². The molecule has 0 aromatic heterocycles. The van der Waals surface area contributed by atoms with E-state index in [0.717, 1.165) is 45.3 Å². The van der Waals surface area contributed by atoms with Crippen LogP contribution >= 0.6 is 0 Å². The Labute approximate surface area is 151 Å². The molecule has 25 heavy (non-hydrogen) atoms. The summed E-state index contributed by atoms with van der Waals surface area (Å²) in [6.07, 6.45) is 12.0. The summed E-state index contributed by atoms with van der Waals surface area (Å²) in [7, 11) is 0. The van der Waals surface area contributed by atoms with Crippen molar-refractivity contribution in [1.82, 2.24) is 0 Å². The van der Waals surface area contributed by atoms with Gasteiger partial charge in [-0.2, -0.15) is 0 Å².